The number of carbonyl (C=O) groups excluding carboxylic acids is 2. The highest BCUT2D eigenvalue weighted by Gasteiger charge is 2.24. The molecule has 6 heteroatoms. The van der Waals surface area contributed by atoms with E-state index in [9.17, 15) is 14.0 Å². The first kappa shape index (κ1) is 13.5. The quantitative estimate of drug-likeness (QED) is 0.826. The number of hydrogen-bond donors (Lipinski definition) is 1. The largest absolute Gasteiger partial charge is 0.387 e. The minimum atomic E-state index is -0.516. The van der Waals surface area contributed by atoms with Crippen molar-refractivity contribution in [1.29, 1.82) is 0 Å². The Morgan fingerprint density at radius 3 is 2.37 bits per heavy atom. The number of aliphatic hydroxyl groups is 1. The predicted molar refractivity (Wildman–Crippen MR) is 66.0 cm³/mol. The average molecular weight is 266 g/mol. The van der Waals surface area contributed by atoms with Gasteiger partial charge >= 0.3 is 0 Å². The highest BCUT2D eigenvalue weighted by Crippen LogP contribution is 2.10. The summed E-state index contributed by atoms with van der Waals surface area (Å²) in [7, 11) is 0. The van der Waals surface area contributed by atoms with Gasteiger partial charge in [0.2, 0.25) is 5.91 Å². The van der Waals surface area contributed by atoms with Crippen molar-refractivity contribution in [3.63, 3.8) is 0 Å². The summed E-state index contributed by atoms with van der Waals surface area (Å²) in [6.07, 6.45) is 0. The van der Waals surface area contributed by atoms with Gasteiger partial charge in [0.15, 0.2) is 0 Å². The summed E-state index contributed by atoms with van der Waals surface area (Å²) in [4.78, 5) is 26.5. The number of amides is 2. The Morgan fingerprint density at radius 2 is 1.79 bits per heavy atom. The van der Waals surface area contributed by atoms with Crippen molar-refractivity contribution in [2.45, 2.75) is 0 Å². The van der Waals surface area contributed by atoms with Crippen molar-refractivity contribution in [3.05, 3.63) is 35.6 Å². The molecule has 1 aliphatic heterocycles. The molecular weight excluding hydrogens is 251 g/mol. The topological polar surface area (TPSA) is 60.9 Å². The van der Waals surface area contributed by atoms with Crippen molar-refractivity contribution in [2.75, 3.05) is 32.8 Å². The second-order valence-corrected chi connectivity index (χ2v) is 4.34. The lowest BCUT2D eigenvalue weighted by atomic mass is 10.1. The number of rotatable bonds is 2. The van der Waals surface area contributed by atoms with E-state index in [1.54, 1.807) is 11.0 Å². The predicted octanol–water partition coefficient (Wildman–Crippen LogP) is 0.102. The molecule has 1 saturated heterocycles. The zero-order chi connectivity index (χ0) is 13.8. The zero-order valence-electron chi connectivity index (χ0n) is 10.4. The molecule has 102 valence electrons. The van der Waals surface area contributed by atoms with Crippen LogP contribution in [-0.2, 0) is 4.79 Å². The van der Waals surface area contributed by atoms with Crippen molar-refractivity contribution < 1.29 is 19.1 Å². The Balaban J connectivity index is 1.98. The van der Waals surface area contributed by atoms with Gasteiger partial charge < -0.3 is 14.9 Å². The Kier molecular flexibility index (Phi) is 4.11. The lowest BCUT2D eigenvalue weighted by Crippen LogP contribution is -2.51. The number of hydrogen-bond acceptors (Lipinski definition) is 3. The van der Waals surface area contributed by atoms with Crippen molar-refractivity contribution in [1.82, 2.24) is 9.80 Å². The SMILES string of the molecule is O=C(CO)N1CCN(C(=O)c2cccc(F)c2)CC1. The highest BCUT2D eigenvalue weighted by molar-refractivity contribution is 5.94. The molecule has 0 bridgehead atoms. The van der Waals surface area contributed by atoms with E-state index in [0.717, 1.165) is 0 Å². The van der Waals surface area contributed by atoms with Crippen LogP contribution < -0.4 is 0 Å². The third kappa shape index (κ3) is 3.08. The van der Waals surface area contributed by atoms with Gasteiger partial charge in [-0.15, -0.1) is 0 Å². The molecule has 0 atom stereocenters. The summed E-state index contributed by atoms with van der Waals surface area (Å²) in [6.45, 7) is 1.04. The van der Waals surface area contributed by atoms with Crippen molar-refractivity contribution in [3.8, 4) is 0 Å². The van der Waals surface area contributed by atoms with Gasteiger partial charge in [0.1, 0.15) is 12.4 Å². The van der Waals surface area contributed by atoms with Gasteiger partial charge in [0.05, 0.1) is 0 Å². The summed E-state index contributed by atoms with van der Waals surface area (Å²) >= 11 is 0. The lowest BCUT2D eigenvalue weighted by molar-refractivity contribution is -0.135. The lowest BCUT2D eigenvalue weighted by Gasteiger charge is -2.34. The molecular formula is C13H15FN2O3. The van der Waals surface area contributed by atoms with E-state index in [0.29, 0.717) is 31.7 Å². The molecule has 1 fully saturated rings. The second kappa shape index (κ2) is 5.79. The van der Waals surface area contributed by atoms with E-state index in [2.05, 4.69) is 0 Å². The van der Waals surface area contributed by atoms with Crippen LogP contribution in [0.15, 0.2) is 24.3 Å². The second-order valence-electron chi connectivity index (χ2n) is 4.34. The zero-order valence-corrected chi connectivity index (χ0v) is 10.4. The van der Waals surface area contributed by atoms with E-state index in [1.165, 1.54) is 23.1 Å². The molecule has 0 aliphatic carbocycles. The fraction of sp³-hybridized carbons (Fsp3) is 0.385. The van der Waals surface area contributed by atoms with E-state index in [-0.39, 0.29) is 11.8 Å². The van der Waals surface area contributed by atoms with Crippen molar-refractivity contribution in [2.24, 2.45) is 0 Å². The van der Waals surface area contributed by atoms with Gasteiger partial charge in [-0.25, -0.2) is 4.39 Å². The molecule has 19 heavy (non-hydrogen) atoms. The molecule has 0 unspecified atom stereocenters. The number of nitrogens with zero attached hydrogens (tertiary/aromatic N) is 2. The molecule has 1 heterocycles. The summed E-state index contributed by atoms with van der Waals surface area (Å²) in [5.41, 5.74) is 0.307. The molecule has 5 nitrogen and oxygen atoms in total. The smallest absolute Gasteiger partial charge is 0.254 e. The van der Waals surface area contributed by atoms with Crippen LogP contribution in [0.25, 0.3) is 0 Å². The van der Waals surface area contributed by atoms with Crippen LogP contribution in [0.3, 0.4) is 0 Å². The van der Waals surface area contributed by atoms with E-state index in [4.69, 9.17) is 5.11 Å². The molecule has 0 aromatic heterocycles. The van der Waals surface area contributed by atoms with Crippen LogP contribution in [0.2, 0.25) is 0 Å². The monoisotopic (exact) mass is 266 g/mol. The Bertz CT molecular complexity index is 485. The molecule has 2 amide bonds. The molecule has 1 aromatic carbocycles. The molecule has 0 radical (unpaired) electrons. The van der Waals surface area contributed by atoms with E-state index >= 15 is 0 Å². The molecule has 0 spiro atoms. The van der Waals surface area contributed by atoms with Gasteiger partial charge in [0, 0.05) is 31.7 Å². The first-order valence-corrected chi connectivity index (χ1v) is 6.05. The van der Waals surface area contributed by atoms with Gasteiger partial charge in [-0.2, -0.15) is 0 Å². The van der Waals surface area contributed by atoms with Gasteiger partial charge in [-0.05, 0) is 18.2 Å². The van der Waals surface area contributed by atoms with Crippen molar-refractivity contribution >= 4 is 11.8 Å². The average Bonchev–Trinajstić information content (AvgIpc) is 2.46. The van der Waals surface area contributed by atoms with Gasteiger partial charge in [-0.1, -0.05) is 6.07 Å². The van der Waals surface area contributed by atoms with E-state index in [1.807, 2.05) is 0 Å². The summed E-state index contributed by atoms with van der Waals surface area (Å²) in [6, 6.07) is 5.55. The van der Waals surface area contributed by atoms with Crippen LogP contribution in [-0.4, -0.2) is 59.5 Å². The highest BCUT2D eigenvalue weighted by atomic mass is 19.1. The van der Waals surface area contributed by atoms with Crippen LogP contribution in [0.5, 0.6) is 0 Å². The van der Waals surface area contributed by atoms with E-state index < -0.39 is 12.4 Å². The molecule has 2 rings (SSSR count). The summed E-state index contributed by atoms with van der Waals surface area (Å²) in [5.74, 6) is -1.02. The fourth-order valence-corrected chi connectivity index (χ4v) is 2.06. The first-order chi connectivity index (χ1) is 9.11. The Labute approximate surface area is 110 Å². The maximum Gasteiger partial charge on any atom is 0.254 e. The van der Waals surface area contributed by atoms with Crippen LogP contribution in [0.1, 0.15) is 10.4 Å². The number of benzene rings is 1. The summed E-state index contributed by atoms with van der Waals surface area (Å²) in [5, 5.41) is 8.76. The third-order valence-corrected chi connectivity index (χ3v) is 3.13. The molecule has 0 saturated carbocycles. The maximum atomic E-state index is 13.1. The standard InChI is InChI=1S/C13H15FN2O3/c14-11-3-1-2-10(8-11)13(19)16-6-4-15(5-7-16)12(18)9-17/h1-3,8,17H,4-7,9H2. The third-order valence-electron chi connectivity index (χ3n) is 3.13. The minimum absolute atomic E-state index is 0.240. The van der Waals surface area contributed by atoms with Gasteiger partial charge in [0.25, 0.3) is 5.91 Å². The van der Waals surface area contributed by atoms with Crippen LogP contribution in [0.4, 0.5) is 4.39 Å². The van der Waals surface area contributed by atoms with Crippen LogP contribution >= 0.6 is 0 Å². The Morgan fingerprint density at radius 1 is 1.16 bits per heavy atom. The molecule has 1 aliphatic rings. The summed E-state index contributed by atoms with van der Waals surface area (Å²) < 4.78 is 13.1. The number of aliphatic hydroxyl groups excluding tert-OH is 1. The number of piperazine rings is 1. The molecule has 1 N–H and O–H groups in total. The first-order valence-electron chi connectivity index (χ1n) is 6.05. The normalized spacial score (nSPS) is 15.5. The Hall–Kier alpha value is -1.95. The number of halogens is 1. The fourth-order valence-electron chi connectivity index (χ4n) is 2.06. The minimum Gasteiger partial charge on any atom is -0.387 e. The molecule has 1 aromatic rings. The number of carbonyl (C=O) groups is 2. The maximum absolute atomic E-state index is 13.1. The van der Waals surface area contributed by atoms with Crippen LogP contribution in [0, 0.1) is 5.82 Å². The van der Waals surface area contributed by atoms with Gasteiger partial charge in [-0.3, -0.25) is 9.59 Å².